The largest absolute Gasteiger partial charge is 0.295 e. The summed E-state index contributed by atoms with van der Waals surface area (Å²) >= 11 is 5.33. The predicted octanol–water partition coefficient (Wildman–Crippen LogP) is 3.31. The van der Waals surface area contributed by atoms with E-state index >= 15 is 0 Å². The van der Waals surface area contributed by atoms with Crippen molar-refractivity contribution in [1.82, 2.24) is 24.7 Å². The van der Waals surface area contributed by atoms with E-state index in [0.717, 1.165) is 22.4 Å². The molecule has 0 aliphatic carbocycles. The van der Waals surface area contributed by atoms with E-state index < -0.39 is 0 Å². The second-order valence-corrected chi connectivity index (χ2v) is 6.01. The zero-order chi connectivity index (χ0) is 14.3. The van der Waals surface area contributed by atoms with Crippen molar-refractivity contribution in [2.75, 3.05) is 0 Å². The Bertz CT molecular complexity index is 825. The lowest BCUT2D eigenvalue weighted by Gasteiger charge is -2.22. The summed E-state index contributed by atoms with van der Waals surface area (Å²) in [5, 5.41) is 7.23. The fourth-order valence-corrected chi connectivity index (χ4v) is 2.62. The molecular weight excluding hydrogens is 270 g/mol. The van der Waals surface area contributed by atoms with Gasteiger partial charge in [-0.2, -0.15) is 5.10 Å². The molecule has 20 heavy (non-hydrogen) atoms. The van der Waals surface area contributed by atoms with Crippen LogP contribution >= 0.6 is 12.2 Å². The molecule has 0 radical (unpaired) electrons. The average molecular weight is 285 g/mol. The number of fused-ring (bicyclic) bond motifs is 1. The third kappa shape index (κ3) is 2.12. The van der Waals surface area contributed by atoms with E-state index in [-0.39, 0.29) is 5.54 Å². The van der Waals surface area contributed by atoms with Gasteiger partial charge in [0, 0.05) is 23.5 Å². The van der Waals surface area contributed by atoms with Gasteiger partial charge >= 0.3 is 0 Å². The second kappa shape index (κ2) is 4.49. The maximum absolute atomic E-state index is 5.33. The van der Waals surface area contributed by atoms with Gasteiger partial charge in [-0.05, 0) is 51.2 Å². The van der Waals surface area contributed by atoms with Gasteiger partial charge in [0.2, 0.25) is 0 Å². The van der Waals surface area contributed by atoms with E-state index in [1.54, 1.807) is 12.4 Å². The lowest BCUT2D eigenvalue weighted by atomic mass is 10.1. The molecule has 0 amide bonds. The molecule has 1 N–H and O–H groups in total. The number of aromatic nitrogens is 5. The molecule has 0 bridgehead atoms. The molecule has 0 saturated carbocycles. The summed E-state index contributed by atoms with van der Waals surface area (Å²) in [6, 6.07) is 5.92. The van der Waals surface area contributed by atoms with Crippen molar-refractivity contribution >= 4 is 23.3 Å². The Morgan fingerprint density at radius 1 is 1.10 bits per heavy atom. The average Bonchev–Trinajstić information content (AvgIpc) is 2.80. The van der Waals surface area contributed by atoms with E-state index in [9.17, 15) is 0 Å². The van der Waals surface area contributed by atoms with Gasteiger partial charge in [0.15, 0.2) is 10.6 Å². The first-order valence-corrected chi connectivity index (χ1v) is 6.77. The fourth-order valence-electron chi connectivity index (χ4n) is 2.22. The normalized spacial score (nSPS) is 11.9. The molecule has 3 rings (SSSR count). The molecule has 5 nitrogen and oxygen atoms in total. The van der Waals surface area contributed by atoms with Crippen LogP contribution in [0.5, 0.6) is 0 Å². The minimum Gasteiger partial charge on any atom is -0.295 e. The van der Waals surface area contributed by atoms with Crippen molar-refractivity contribution in [3.8, 4) is 11.4 Å². The first-order chi connectivity index (χ1) is 9.47. The van der Waals surface area contributed by atoms with E-state index in [1.165, 1.54) is 0 Å². The molecular formula is C14H15N5S. The molecule has 2 aromatic heterocycles. The van der Waals surface area contributed by atoms with Gasteiger partial charge in [-0.1, -0.05) is 0 Å². The van der Waals surface area contributed by atoms with Crippen LogP contribution in [0.25, 0.3) is 22.4 Å². The van der Waals surface area contributed by atoms with Crippen LogP contribution in [0.3, 0.4) is 0 Å². The molecule has 0 atom stereocenters. The first-order valence-electron chi connectivity index (χ1n) is 6.36. The van der Waals surface area contributed by atoms with Crippen LogP contribution in [0, 0.1) is 4.77 Å². The summed E-state index contributed by atoms with van der Waals surface area (Å²) in [4.78, 5) is 8.60. The summed E-state index contributed by atoms with van der Waals surface area (Å²) in [7, 11) is 0. The van der Waals surface area contributed by atoms with Gasteiger partial charge < -0.3 is 0 Å². The second-order valence-electron chi connectivity index (χ2n) is 5.62. The fraction of sp³-hybridized carbons (Fsp3) is 0.286. The molecule has 3 aromatic rings. The van der Waals surface area contributed by atoms with Crippen LogP contribution in [0.4, 0.5) is 0 Å². The van der Waals surface area contributed by atoms with E-state index in [4.69, 9.17) is 12.2 Å². The standard InChI is InChI=1S/C14H15N5S/c1-14(2,3)19-12(17-18-13(19)20)9-4-5-10-11(8-9)16-7-6-15-10/h4-8H,1-3H3,(H,18,20). The molecule has 2 heterocycles. The lowest BCUT2D eigenvalue weighted by molar-refractivity contribution is 0.395. The molecule has 102 valence electrons. The van der Waals surface area contributed by atoms with Crippen molar-refractivity contribution in [3.63, 3.8) is 0 Å². The Balaban J connectivity index is 2.24. The van der Waals surface area contributed by atoms with Crippen molar-refractivity contribution in [3.05, 3.63) is 35.4 Å². The van der Waals surface area contributed by atoms with Crippen LogP contribution in [0.2, 0.25) is 0 Å². The Labute approximate surface area is 121 Å². The molecule has 0 spiro atoms. The maximum Gasteiger partial charge on any atom is 0.195 e. The number of H-pyrrole nitrogens is 1. The number of benzene rings is 1. The topological polar surface area (TPSA) is 59.4 Å². The van der Waals surface area contributed by atoms with Gasteiger partial charge in [-0.15, -0.1) is 0 Å². The number of aromatic amines is 1. The van der Waals surface area contributed by atoms with Gasteiger partial charge in [-0.3, -0.25) is 19.6 Å². The van der Waals surface area contributed by atoms with Crippen molar-refractivity contribution in [2.24, 2.45) is 0 Å². The number of nitrogens with zero attached hydrogens (tertiary/aromatic N) is 4. The first kappa shape index (κ1) is 12.9. The van der Waals surface area contributed by atoms with Crippen LogP contribution in [0.15, 0.2) is 30.6 Å². The molecule has 0 fully saturated rings. The monoisotopic (exact) mass is 285 g/mol. The van der Waals surface area contributed by atoms with Crippen LogP contribution in [0.1, 0.15) is 20.8 Å². The van der Waals surface area contributed by atoms with Gasteiger partial charge in [-0.25, -0.2) is 0 Å². The third-order valence-corrected chi connectivity index (χ3v) is 3.34. The van der Waals surface area contributed by atoms with Crippen molar-refractivity contribution in [1.29, 1.82) is 0 Å². The van der Waals surface area contributed by atoms with Crippen molar-refractivity contribution in [2.45, 2.75) is 26.3 Å². The van der Waals surface area contributed by atoms with Crippen LogP contribution in [-0.2, 0) is 5.54 Å². The summed E-state index contributed by atoms with van der Waals surface area (Å²) in [6.45, 7) is 6.30. The van der Waals surface area contributed by atoms with E-state index in [2.05, 4.69) is 40.9 Å². The SMILES string of the molecule is CC(C)(C)n1c(-c2ccc3nccnc3c2)n[nH]c1=S. The summed E-state index contributed by atoms with van der Waals surface area (Å²) in [5.41, 5.74) is 2.55. The van der Waals surface area contributed by atoms with Gasteiger partial charge in [0.1, 0.15) is 0 Å². The lowest BCUT2D eigenvalue weighted by Crippen LogP contribution is -2.22. The zero-order valence-electron chi connectivity index (χ0n) is 11.6. The number of nitrogens with one attached hydrogen (secondary N) is 1. The Morgan fingerprint density at radius 3 is 2.50 bits per heavy atom. The highest BCUT2D eigenvalue weighted by Crippen LogP contribution is 2.26. The molecule has 0 saturated heterocycles. The predicted molar refractivity (Wildman–Crippen MR) is 80.9 cm³/mol. The molecule has 1 aromatic carbocycles. The Hall–Kier alpha value is -2.08. The minimum atomic E-state index is -0.142. The summed E-state index contributed by atoms with van der Waals surface area (Å²) in [5.74, 6) is 0.815. The summed E-state index contributed by atoms with van der Waals surface area (Å²) in [6.07, 6.45) is 3.38. The number of hydrogen-bond donors (Lipinski definition) is 1. The van der Waals surface area contributed by atoms with E-state index in [0.29, 0.717) is 4.77 Å². The van der Waals surface area contributed by atoms with Crippen LogP contribution < -0.4 is 0 Å². The highest BCUT2D eigenvalue weighted by molar-refractivity contribution is 7.71. The third-order valence-electron chi connectivity index (χ3n) is 3.07. The minimum absolute atomic E-state index is 0.142. The van der Waals surface area contributed by atoms with Gasteiger partial charge in [0.05, 0.1) is 11.0 Å². The van der Waals surface area contributed by atoms with Crippen LogP contribution in [-0.4, -0.2) is 24.7 Å². The van der Waals surface area contributed by atoms with Gasteiger partial charge in [0.25, 0.3) is 0 Å². The quantitative estimate of drug-likeness (QED) is 0.697. The highest BCUT2D eigenvalue weighted by atomic mass is 32.1. The highest BCUT2D eigenvalue weighted by Gasteiger charge is 2.20. The molecule has 0 unspecified atom stereocenters. The number of rotatable bonds is 1. The Kier molecular flexibility index (Phi) is 2.90. The van der Waals surface area contributed by atoms with E-state index in [1.807, 2.05) is 22.8 Å². The summed E-state index contributed by atoms with van der Waals surface area (Å²) < 4.78 is 2.63. The molecule has 0 aliphatic rings. The zero-order valence-corrected chi connectivity index (χ0v) is 12.4. The molecule has 6 heteroatoms. The maximum atomic E-state index is 5.33. The number of hydrogen-bond acceptors (Lipinski definition) is 4. The Morgan fingerprint density at radius 2 is 1.80 bits per heavy atom. The van der Waals surface area contributed by atoms with Crippen molar-refractivity contribution < 1.29 is 0 Å². The smallest absolute Gasteiger partial charge is 0.195 e. The molecule has 0 aliphatic heterocycles.